The summed E-state index contributed by atoms with van der Waals surface area (Å²) in [5.74, 6) is 0.230. The van der Waals surface area contributed by atoms with Crippen molar-refractivity contribution in [3.63, 3.8) is 0 Å². The van der Waals surface area contributed by atoms with E-state index in [9.17, 15) is 4.79 Å². The third kappa shape index (κ3) is 3.55. The van der Waals surface area contributed by atoms with Gasteiger partial charge in [-0.1, -0.05) is 24.3 Å². The first-order valence-electron chi connectivity index (χ1n) is 6.80. The van der Waals surface area contributed by atoms with Gasteiger partial charge in [-0.3, -0.25) is 4.79 Å². The van der Waals surface area contributed by atoms with Gasteiger partial charge in [0, 0.05) is 32.1 Å². The van der Waals surface area contributed by atoms with Crippen molar-refractivity contribution in [3.8, 4) is 0 Å². The van der Waals surface area contributed by atoms with Crippen LogP contribution in [-0.2, 0) is 11.4 Å². The highest BCUT2D eigenvalue weighted by Gasteiger charge is 2.23. The molecular formula is C15H22N2O2. The van der Waals surface area contributed by atoms with Gasteiger partial charge in [0.1, 0.15) is 0 Å². The molecule has 19 heavy (non-hydrogen) atoms. The molecule has 0 saturated carbocycles. The van der Waals surface area contributed by atoms with Crippen LogP contribution in [0.5, 0.6) is 0 Å². The van der Waals surface area contributed by atoms with E-state index in [-0.39, 0.29) is 18.6 Å². The van der Waals surface area contributed by atoms with Crippen molar-refractivity contribution in [3.05, 3.63) is 35.4 Å². The summed E-state index contributed by atoms with van der Waals surface area (Å²) in [4.78, 5) is 13.2. The Labute approximate surface area is 114 Å². The molecule has 4 nitrogen and oxygen atoms in total. The summed E-state index contributed by atoms with van der Waals surface area (Å²) in [6.45, 7) is 2.96. The summed E-state index contributed by atoms with van der Waals surface area (Å²) in [6, 6.07) is 8.54. The van der Waals surface area contributed by atoms with Gasteiger partial charge in [0.25, 0.3) is 0 Å². The number of piperidine rings is 1. The molecule has 1 aliphatic rings. The number of likely N-dealkylation sites (tertiary alicyclic amines) is 1. The molecule has 4 heteroatoms. The molecule has 1 aromatic carbocycles. The molecule has 0 radical (unpaired) electrons. The molecule has 2 rings (SSSR count). The SMILES string of the molecule is C[C@H](N[C@@H]1CCC(=O)N(C)C1)c1cccc(CO)c1. The normalized spacial score (nSPS) is 21.5. The maximum Gasteiger partial charge on any atom is 0.222 e. The van der Waals surface area contributed by atoms with Gasteiger partial charge in [-0.05, 0) is 24.5 Å². The molecular weight excluding hydrogens is 240 g/mol. The number of nitrogens with one attached hydrogen (secondary N) is 1. The zero-order valence-electron chi connectivity index (χ0n) is 11.6. The number of aliphatic hydroxyl groups is 1. The van der Waals surface area contributed by atoms with Crippen LogP contribution in [0.3, 0.4) is 0 Å². The smallest absolute Gasteiger partial charge is 0.222 e. The van der Waals surface area contributed by atoms with Gasteiger partial charge in [0.15, 0.2) is 0 Å². The lowest BCUT2D eigenvalue weighted by Crippen LogP contribution is -2.47. The van der Waals surface area contributed by atoms with Gasteiger partial charge in [0.2, 0.25) is 5.91 Å². The van der Waals surface area contributed by atoms with E-state index in [2.05, 4.69) is 18.3 Å². The van der Waals surface area contributed by atoms with Crippen LogP contribution in [0.15, 0.2) is 24.3 Å². The number of nitrogens with zero attached hydrogens (tertiary/aromatic N) is 1. The highest BCUT2D eigenvalue weighted by molar-refractivity contribution is 5.76. The Morgan fingerprint density at radius 2 is 2.32 bits per heavy atom. The van der Waals surface area contributed by atoms with E-state index in [0.29, 0.717) is 12.5 Å². The molecule has 1 saturated heterocycles. The van der Waals surface area contributed by atoms with E-state index in [1.807, 2.05) is 25.2 Å². The summed E-state index contributed by atoms with van der Waals surface area (Å²) in [5, 5.41) is 12.7. The lowest BCUT2D eigenvalue weighted by Gasteiger charge is -2.32. The van der Waals surface area contributed by atoms with Crippen LogP contribution in [0.2, 0.25) is 0 Å². The average molecular weight is 262 g/mol. The molecule has 0 spiro atoms. The van der Waals surface area contributed by atoms with E-state index in [4.69, 9.17) is 5.11 Å². The van der Waals surface area contributed by atoms with Crippen LogP contribution in [0, 0.1) is 0 Å². The number of carbonyl (C=O) groups excluding carboxylic acids is 1. The van der Waals surface area contributed by atoms with Gasteiger partial charge >= 0.3 is 0 Å². The van der Waals surface area contributed by atoms with Gasteiger partial charge < -0.3 is 15.3 Å². The number of carbonyl (C=O) groups is 1. The summed E-state index contributed by atoms with van der Waals surface area (Å²) >= 11 is 0. The van der Waals surface area contributed by atoms with Gasteiger partial charge in [0.05, 0.1) is 6.61 Å². The van der Waals surface area contributed by atoms with E-state index in [1.165, 1.54) is 5.56 Å². The molecule has 104 valence electrons. The first-order chi connectivity index (χ1) is 9.10. The number of hydrogen-bond donors (Lipinski definition) is 2. The summed E-state index contributed by atoms with van der Waals surface area (Å²) in [6.07, 6.45) is 1.52. The molecule has 2 N–H and O–H groups in total. The molecule has 1 fully saturated rings. The third-order valence-corrected chi connectivity index (χ3v) is 3.75. The Kier molecular flexibility index (Phi) is 4.56. The van der Waals surface area contributed by atoms with Crippen molar-refractivity contribution in [1.82, 2.24) is 10.2 Å². The lowest BCUT2D eigenvalue weighted by atomic mass is 10.0. The van der Waals surface area contributed by atoms with E-state index >= 15 is 0 Å². The molecule has 2 atom stereocenters. The second-order valence-electron chi connectivity index (χ2n) is 5.30. The van der Waals surface area contributed by atoms with Crippen molar-refractivity contribution < 1.29 is 9.90 Å². The number of aliphatic hydroxyl groups excluding tert-OH is 1. The Morgan fingerprint density at radius 3 is 3.00 bits per heavy atom. The van der Waals surface area contributed by atoms with E-state index < -0.39 is 0 Å². The number of benzene rings is 1. The monoisotopic (exact) mass is 262 g/mol. The molecule has 1 aliphatic heterocycles. The third-order valence-electron chi connectivity index (χ3n) is 3.75. The van der Waals surface area contributed by atoms with Crippen LogP contribution < -0.4 is 5.32 Å². The highest BCUT2D eigenvalue weighted by Crippen LogP contribution is 2.18. The second kappa shape index (κ2) is 6.17. The first kappa shape index (κ1) is 14.0. The van der Waals surface area contributed by atoms with Gasteiger partial charge in [-0.25, -0.2) is 0 Å². The number of rotatable bonds is 4. The quantitative estimate of drug-likeness (QED) is 0.863. The Bertz CT molecular complexity index is 448. The Hall–Kier alpha value is -1.39. The van der Waals surface area contributed by atoms with E-state index in [0.717, 1.165) is 18.5 Å². The number of likely N-dealkylation sites (N-methyl/N-ethyl adjacent to an activating group) is 1. The molecule has 0 unspecified atom stereocenters. The highest BCUT2D eigenvalue weighted by atomic mass is 16.3. The fraction of sp³-hybridized carbons (Fsp3) is 0.533. The summed E-state index contributed by atoms with van der Waals surface area (Å²) in [7, 11) is 1.85. The topological polar surface area (TPSA) is 52.6 Å². The predicted molar refractivity (Wildman–Crippen MR) is 74.6 cm³/mol. The van der Waals surface area contributed by atoms with Crippen LogP contribution in [0.4, 0.5) is 0 Å². The van der Waals surface area contributed by atoms with Crippen molar-refractivity contribution in [1.29, 1.82) is 0 Å². The fourth-order valence-corrected chi connectivity index (χ4v) is 2.56. The molecule has 1 heterocycles. The minimum absolute atomic E-state index is 0.0707. The second-order valence-corrected chi connectivity index (χ2v) is 5.30. The molecule has 0 aliphatic carbocycles. The van der Waals surface area contributed by atoms with Crippen LogP contribution in [0.25, 0.3) is 0 Å². The lowest BCUT2D eigenvalue weighted by molar-refractivity contribution is -0.132. The average Bonchev–Trinajstić information content (AvgIpc) is 2.43. The van der Waals surface area contributed by atoms with Crippen molar-refractivity contribution in [2.45, 2.75) is 38.5 Å². The molecule has 0 bridgehead atoms. The Balaban J connectivity index is 1.96. The van der Waals surface area contributed by atoms with Crippen molar-refractivity contribution in [2.75, 3.05) is 13.6 Å². The maximum absolute atomic E-state index is 11.4. The van der Waals surface area contributed by atoms with Crippen LogP contribution in [0.1, 0.15) is 36.9 Å². The van der Waals surface area contributed by atoms with E-state index in [1.54, 1.807) is 4.90 Å². The van der Waals surface area contributed by atoms with Gasteiger partial charge in [-0.2, -0.15) is 0 Å². The summed E-state index contributed by atoms with van der Waals surface area (Å²) in [5.41, 5.74) is 2.10. The number of hydrogen-bond acceptors (Lipinski definition) is 3. The predicted octanol–water partition coefficient (Wildman–Crippen LogP) is 1.45. The number of amides is 1. The van der Waals surface area contributed by atoms with Crippen molar-refractivity contribution >= 4 is 5.91 Å². The van der Waals surface area contributed by atoms with Crippen LogP contribution in [-0.4, -0.2) is 35.5 Å². The standard InChI is InChI=1S/C15H22N2O2/c1-11(13-5-3-4-12(8-13)10-18)16-14-6-7-15(19)17(2)9-14/h3-5,8,11,14,16,18H,6-7,9-10H2,1-2H3/t11-,14+/m0/s1. The van der Waals surface area contributed by atoms with Crippen molar-refractivity contribution in [2.24, 2.45) is 0 Å². The first-order valence-corrected chi connectivity index (χ1v) is 6.80. The largest absolute Gasteiger partial charge is 0.392 e. The fourth-order valence-electron chi connectivity index (χ4n) is 2.56. The van der Waals surface area contributed by atoms with Gasteiger partial charge in [-0.15, -0.1) is 0 Å². The minimum Gasteiger partial charge on any atom is -0.392 e. The Morgan fingerprint density at radius 1 is 1.53 bits per heavy atom. The molecule has 1 aromatic rings. The zero-order chi connectivity index (χ0) is 13.8. The molecule has 1 amide bonds. The minimum atomic E-state index is 0.0707. The van der Waals surface area contributed by atoms with Crippen LogP contribution >= 0.6 is 0 Å². The summed E-state index contributed by atoms with van der Waals surface area (Å²) < 4.78 is 0. The maximum atomic E-state index is 11.4. The molecule has 0 aromatic heterocycles. The zero-order valence-corrected chi connectivity index (χ0v) is 11.6.